The van der Waals surface area contributed by atoms with Crippen LogP contribution in [0.5, 0.6) is 0 Å². The first kappa shape index (κ1) is 13.8. The molecule has 0 spiro atoms. The fourth-order valence-corrected chi connectivity index (χ4v) is 3.26. The summed E-state index contributed by atoms with van der Waals surface area (Å²) in [7, 11) is 0. The van der Waals surface area contributed by atoms with Gasteiger partial charge in [-0.1, -0.05) is 26.7 Å². The van der Waals surface area contributed by atoms with Crippen LogP contribution in [0.4, 0.5) is 0 Å². The van der Waals surface area contributed by atoms with E-state index in [1.807, 2.05) is 0 Å². The predicted molar refractivity (Wildman–Crippen MR) is 73.4 cm³/mol. The molecule has 0 aromatic rings. The van der Waals surface area contributed by atoms with Gasteiger partial charge in [0.15, 0.2) is 0 Å². The molecule has 2 aliphatic rings. The summed E-state index contributed by atoms with van der Waals surface area (Å²) in [6, 6.07) is 0.337. The van der Waals surface area contributed by atoms with Crippen molar-refractivity contribution in [2.45, 2.75) is 51.6 Å². The Morgan fingerprint density at radius 1 is 1.22 bits per heavy atom. The summed E-state index contributed by atoms with van der Waals surface area (Å²) >= 11 is 0. The predicted octanol–water partition coefficient (Wildman–Crippen LogP) is 0.879. The molecular formula is C14H27N3O. The summed E-state index contributed by atoms with van der Waals surface area (Å²) in [5.41, 5.74) is 0. The summed E-state index contributed by atoms with van der Waals surface area (Å²) in [6.07, 6.45) is 4.98. The van der Waals surface area contributed by atoms with Crippen LogP contribution in [0.1, 0.15) is 39.5 Å². The van der Waals surface area contributed by atoms with E-state index in [9.17, 15) is 4.79 Å². The van der Waals surface area contributed by atoms with E-state index in [-0.39, 0.29) is 11.9 Å². The summed E-state index contributed by atoms with van der Waals surface area (Å²) < 4.78 is 0. The van der Waals surface area contributed by atoms with E-state index in [0.717, 1.165) is 26.1 Å². The summed E-state index contributed by atoms with van der Waals surface area (Å²) in [6.45, 7) is 7.15. The topological polar surface area (TPSA) is 53.2 Å². The smallest absolute Gasteiger partial charge is 0.238 e. The van der Waals surface area contributed by atoms with Gasteiger partial charge in [-0.3, -0.25) is 4.79 Å². The second-order valence-electron chi connectivity index (χ2n) is 6.02. The van der Waals surface area contributed by atoms with E-state index in [2.05, 4.69) is 29.8 Å². The zero-order chi connectivity index (χ0) is 13.0. The summed E-state index contributed by atoms with van der Waals surface area (Å²) in [5, 5.41) is 9.82. The third-order valence-electron chi connectivity index (χ3n) is 4.36. The highest BCUT2D eigenvalue weighted by molar-refractivity contribution is 5.82. The highest BCUT2D eigenvalue weighted by Crippen LogP contribution is 2.30. The Bertz CT molecular complexity index is 274. The van der Waals surface area contributed by atoms with Gasteiger partial charge in [0.2, 0.25) is 5.91 Å². The molecule has 2 rings (SSSR count). The van der Waals surface area contributed by atoms with Crippen LogP contribution in [0.25, 0.3) is 0 Å². The van der Waals surface area contributed by atoms with Crippen LogP contribution >= 0.6 is 0 Å². The molecule has 0 aromatic heterocycles. The maximum absolute atomic E-state index is 12.2. The molecule has 1 aliphatic heterocycles. The number of rotatable bonds is 3. The number of carbonyl (C=O) groups excluding carboxylic acids is 1. The van der Waals surface area contributed by atoms with Gasteiger partial charge < -0.3 is 16.0 Å². The van der Waals surface area contributed by atoms with Crippen LogP contribution in [0.2, 0.25) is 0 Å². The van der Waals surface area contributed by atoms with Crippen molar-refractivity contribution in [3.8, 4) is 0 Å². The van der Waals surface area contributed by atoms with Crippen molar-refractivity contribution >= 4 is 5.91 Å². The normalized spacial score (nSPS) is 33.4. The molecule has 0 bridgehead atoms. The lowest BCUT2D eigenvalue weighted by molar-refractivity contribution is -0.124. The molecule has 2 fully saturated rings. The molecule has 1 heterocycles. The molecule has 4 heteroatoms. The van der Waals surface area contributed by atoms with Gasteiger partial charge >= 0.3 is 0 Å². The second kappa shape index (κ2) is 6.53. The highest BCUT2D eigenvalue weighted by Gasteiger charge is 2.30. The van der Waals surface area contributed by atoms with Gasteiger partial charge in [-0.05, 0) is 24.7 Å². The van der Waals surface area contributed by atoms with Crippen LogP contribution < -0.4 is 16.0 Å². The van der Waals surface area contributed by atoms with Crippen molar-refractivity contribution < 1.29 is 4.79 Å². The summed E-state index contributed by atoms with van der Waals surface area (Å²) in [5.74, 6) is 1.49. The average molecular weight is 253 g/mol. The molecule has 18 heavy (non-hydrogen) atoms. The van der Waals surface area contributed by atoms with Crippen LogP contribution in [-0.2, 0) is 4.79 Å². The SMILES string of the molecule is CC(C)C1CCCCC1NC(=O)C1CNCCN1. The number of nitrogens with one attached hydrogen (secondary N) is 3. The first-order valence-corrected chi connectivity index (χ1v) is 7.43. The highest BCUT2D eigenvalue weighted by atomic mass is 16.2. The zero-order valence-corrected chi connectivity index (χ0v) is 11.7. The second-order valence-corrected chi connectivity index (χ2v) is 6.02. The molecule has 3 unspecified atom stereocenters. The lowest BCUT2D eigenvalue weighted by atomic mass is 9.78. The Morgan fingerprint density at radius 3 is 2.67 bits per heavy atom. The third-order valence-corrected chi connectivity index (χ3v) is 4.36. The fourth-order valence-electron chi connectivity index (χ4n) is 3.26. The Balaban J connectivity index is 1.87. The number of piperazine rings is 1. The van der Waals surface area contributed by atoms with E-state index in [4.69, 9.17) is 0 Å². The Hall–Kier alpha value is -0.610. The number of carbonyl (C=O) groups is 1. The molecule has 4 nitrogen and oxygen atoms in total. The lowest BCUT2D eigenvalue weighted by Crippen LogP contribution is -2.58. The molecule has 1 amide bonds. The van der Waals surface area contributed by atoms with Gasteiger partial charge in [-0.15, -0.1) is 0 Å². The number of hydrogen-bond acceptors (Lipinski definition) is 3. The molecule has 0 radical (unpaired) electrons. The average Bonchev–Trinajstić information content (AvgIpc) is 2.40. The van der Waals surface area contributed by atoms with Gasteiger partial charge in [0.1, 0.15) is 0 Å². The minimum Gasteiger partial charge on any atom is -0.352 e. The van der Waals surface area contributed by atoms with Crippen LogP contribution in [0, 0.1) is 11.8 Å². The first-order valence-electron chi connectivity index (χ1n) is 7.43. The maximum atomic E-state index is 12.2. The van der Waals surface area contributed by atoms with Gasteiger partial charge in [0.25, 0.3) is 0 Å². The standard InChI is InChI=1S/C14H27N3O/c1-10(2)11-5-3-4-6-12(11)17-14(18)13-9-15-7-8-16-13/h10-13,15-16H,3-9H2,1-2H3,(H,17,18). The van der Waals surface area contributed by atoms with Gasteiger partial charge in [-0.25, -0.2) is 0 Å². The van der Waals surface area contributed by atoms with E-state index >= 15 is 0 Å². The zero-order valence-electron chi connectivity index (χ0n) is 11.7. The van der Waals surface area contributed by atoms with Crippen molar-refractivity contribution in [1.29, 1.82) is 0 Å². The van der Waals surface area contributed by atoms with Crippen molar-refractivity contribution in [2.75, 3.05) is 19.6 Å². The minimum absolute atomic E-state index is 0.0477. The first-order chi connectivity index (χ1) is 8.68. The molecule has 0 aromatic carbocycles. The van der Waals surface area contributed by atoms with E-state index in [1.165, 1.54) is 19.3 Å². The largest absolute Gasteiger partial charge is 0.352 e. The van der Waals surface area contributed by atoms with Gasteiger partial charge in [0, 0.05) is 25.7 Å². The van der Waals surface area contributed by atoms with E-state index in [1.54, 1.807) is 0 Å². The fraction of sp³-hybridized carbons (Fsp3) is 0.929. The molecule has 1 aliphatic carbocycles. The molecule has 3 atom stereocenters. The maximum Gasteiger partial charge on any atom is 0.238 e. The minimum atomic E-state index is -0.0477. The molecule has 104 valence electrons. The summed E-state index contributed by atoms with van der Waals surface area (Å²) in [4.78, 5) is 12.2. The van der Waals surface area contributed by atoms with E-state index < -0.39 is 0 Å². The molecular weight excluding hydrogens is 226 g/mol. The number of hydrogen-bond donors (Lipinski definition) is 3. The van der Waals surface area contributed by atoms with Crippen molar-refractivity contribution in [2.24, 2.45) is 11.8 Å². The molecule has 1 saturated carbocycles. The quantitative estimate of drug-likeness (QED) is 0.700. The Kier molecular flexibility index (Phi) is 5.01. The monoisotopic (exact) mass is 253 g/mol. The Labute approximate surface area is 110 Å². The Morgan fingerprint density at radius 2 is 2.00 bits per heavy atom. The number of amides is 1. The van der Waals surface area contributed by atoms with Crippen molar-refractivity contribution in [3.63, 3.8) is 0 Å². The van der Waals surface area contributed by atoms with Gasteiger partial charge in [-0.2, -0.15) is 0 Å². The lowest BCUT2D eigenvalue weighted by Gasteiger charge is -2.36. The third kappa shape index (κ3) is 3.45. The van der Waals surface area contributed by atoms with Crippen LogP contribution in [0.3, 0.4) is 0 Å². The van der Waals surface area contributed by atoms with Crippen LogP contribution in [-0.4, -0.2) is 37.6 Å². The van der Waals surface area contributed by atoms with Crippen molar-refractivity contribution in [1.82, 2.24) is 16.0 Å². The van der Waals surface area contributed by atoms with Crippen LogP contribution in [0.15, 0.2) is 0 Å². The van der Waals surface area contributed by atoms with E-state index in [0.29, 0.717) is 17.9 Å². The van der Waals surface area contributed by atoms with Gasteiger partial charge in [0.05, 0.1) is 6.04 Å². The molecule has 1 saturated heterocycles. The molecule has 3 N–H and O–H groups in total. The van der Waals surface area contributed by atoms with Crippen molar-refractivity contribution in [3.05, 3.63) is 0 Å².